The first-order valence-corrected chi connectivity index (χ1v) is 5.30. The molecule has 1 fully saturated rings. The Morgan fingerprint density at radius 2 is 1.85 bits per heavy atom. The van der Waals surface area contributed by atoms with E-state index in [0.29, 0.717) is 11.5 Å². The minimum atomic E-state index is -0.136. The van der Waals surface area contributed by atoms with Gasteiger partial charge in [0.05, 0.1) is 6.10 Å². The van der Waals surface area contributed by atoms with Crippen LogP contribution in [0.25, 0.3) is 0 Å². The van der Waals surface area contributed by atoms with Crippen molar-refractivity contribution in [1.82, 2.24) is 5.32 Å². The highest BCUT2D eigenvalue weighted by molar-refractivity contribution is 4.88. The summed E-state index contributed by atoms with van der Waals surface area (Å²) in [6, 6.07) is 0.304. The average Bonchev–Trinajstić information content (AvgIpc) is 2.03. The van der Waals surface area contributed by atoms with E-state index < -0.39 is 0 Å². The fraction of sp³-hybridized carbons (Fsp3) is 1.00. The van der Waals surface area contributed by atoms with Gasteiger partial charge in [-0.05, 0) is 37.6 Å². The molecule has 1 aliphatic carbocycles. The maximum atomic E-state index is 9.69. The molecule has 0 aromatic carbocycles. The molecular weight excluding hydrogens is 162 g/mol. The molecule has 0 radical (unpaired) electrons. The van der Waals surface area contributed by atoms with Gasteiger partial charge in [-0.2, -0.15) is 0 Å². The standard InChI is InChI=1S/C11H23NO/c1-11(2,3)8-5-6-10(13)9(7-8)12-4/h8-10,12-13H,5-7H2,1-4H3. The topological polar surface area (TPSA) is 32.3 Å². The lowest BCUT2D eigenvalue weighted by molar-refractivity contribution is 0.0425. The van der Waals surface area contributed by atoms with E-state index in [0.717, 1.165) is 18.8 Å². The summed E-state index contributed by atoms with van der Waals surface area (Å²) in [5, 5.41) is 12.9. The zero-order chi connectivity index (χ0) is 10.1. The van der Waals surface area contributed by atoms with Crippen LogP contribution in [0.1, 0.15) is 40.0 Å². The van der Waals surface area contributed by atoms with Crippen LogP contribution in [0.2, 0.25) is 0 Å². The number of rotatable bonds is 1. The second-order valence-electron chi connectivity index (χ2n) is 5.34. The number of hydrogen-bond acceptors (Lipinski definition) is 2. The fourth-order valence-corrected chi connectivity index (χ4v) is 2.25. The van der Waals surface area contributed by atoms with E-state index in [1.54, 1.807) is 0 Å². The summed E-state index contributed by atoms with van der Waals surface area (Å²) >= 11 is 0. The van der Waals surface area contributed by atoms with Crippen molar-refractivity contribution in [3.63, 3.8) is 0 Å². The number of aliphatic hydroxyl groups is 1. The van der Waals surface area contributed by atoms with Crippen molar-refractivity contribution in [2.75, 3.05) is 7.05 Å². The highest BCUT2D eigenvalue weighted by Gasteiger charge is 2.34. The highest BCUT2D eigenvalue weighted by Crippen LogP contribution is 2.37. The molecule has 0 heterocycles. The van der Waals surface area contributed by atoms with E-state index >= 15 is 0 Å². The molecule has 0 bridgehead atoms. The molecule has 2 N–H and O–H groups in total. The molecule has 0 aliphatic heterocycles. The first kappa shape index (κ1) is 11.0. The zero-order valence-corrected chi connectivity index (χ0v) is 9.30. The van der Waals surface area contributed by atoms with Crippen LogP contribution in [0.15, 0.2) is 0 Å². The quantitative estimate of drug-likeness (QED) is 0.652. The molecule has 2 nitrogen and oxygen atoms in total. The van der Waals surface area contributed by atoms with Crippen LogP contribution in [0, 0.1) is 11.3 Å². The van der Waals surface area contributed by atoms with Crippen LogP contribution in [-0.2, 0) is 0 Å². The first-order valence-electron chi connectivity index (χ1n) is 5.30. The first-order chi connectivity index (χ1) is 5.95. The van der Waals surface area contributed by atoms with E-state index in [2.05, 4.69) is 26.1 Å². The van der Waals surface area contributed by atoms with Gasteiger partial charge >= 0.3 is 0 Å². The number of aliphatic hydroxyl groups excluding tert-OH is 1. The molecular formula is C11H23NO. The SMILES string of the molecule is CNC1CC(C(C)(C)C)CCC1O. The Bertz CT molecular complexity index is 162. The van der Waals surface area contributed by atoms with Gasteiger partial charge in [-0.1, -0.05) is 20.8 Å². The number of hydrogen-bond donors (Lipinski definition) is 2. The molecule has 1 aliphatic rings. The third kappa shape index (κ3) is 2.68. The van der Waals surface area contributed by atoms with Gasteiger partial charge in [0.2, 0.25) is 0 Å². The molecule has 78 valence electrons. The molecule has 0 amide bonds. The molecule has 1 rings (SSSR count). The summed E-state index contributed by atoms with van der Waals surface area (Å²) in [6.07, 6.45) is 3.10. The van der Waals surface area contributed by atoms with Crippen molar-refractivity contribution >= 4 is 0 Å². The molecule has 0 aromatic rings. The van der Waals surface area contributed by atoms with Crippen LogP contribution in [0.5, 0.6) is 0 Å². The van der Waals surface area contributed by atoms with Gasteiger partial charge in [0.25, 0.3) is 0 Å². The Morgan fingerprint density at radius 1 is 1.23 bits per heavy atom. The largest absolute Gasteiger partial charge is 0.392 e. The Morgan fingerprint density at radius 3 is 2.31 bits per heavy atom. The van der Waals surface area contributed by atoms with Crippen molar-refractivity contribution in [1.29, 1.82) is 0 Å². The van der Waals surface area contributed by atoms with Crippen LogP contribution < -0.4 is 5.32 Å². The number of nitrogens with one attached hydrogen (secondary N) is 1. The zero-order valence-electron chi connectivity index (χ0n) is 9.30. The Kier molecular flexibility index (Phi) is 3.36. The lowest BCUT2D eigenvalue weighted by Crippen LogP contribution is -2.45. The van der Waals surface area contributed by atoms with Gasteiger partial charge in [-0.3, -0.25) is 0 Å². The molecule has 3 atom stereocenters. The van der Waals surface area contributed by atoms with Gasteiger partial charge in [-0.25, -0.2) is 0 Å². The van der Waals surface area contributed by atoms with Crippen molar-refractivity contribution < 1.29 is 5.11 Å². The molecule has 3 unspecified atom stereocenters. The monoisotopic (exact) mass is 185 g/mol. The summed E-state index contributed by atoms with van der Waals surface area (Å²) in [4.78, 5) is 0. The van der Waals surface area contributed by atoms with Gasteiger partial charge in [0.15, 0.2) is 0 Å². The van der Waals surface area contributed by atoms with E-state index in [1.807, 2.05) is 7.05 Å². The van der Waals surface area contributed by atoms with Gasteiger partial charge in [0.1, 0.15) is 0 Å². The van der Waals surface area contributed by atoms with Crippen LogP contribution in [0.3, 0.4) is 0 Å². The summed E-state index contributed by atoms with van der Waals surface area (Å²) in [7, 11) is 1.94. The lowest BCUT2D eigenvalue weighted by Gasteiger charge is -2.40. The Labute approximate surface area is 81.7 Å². The van der Waals surface area contributed by atoms with Crippen molar-refractivity contribution in [2.45, 2.75) is 52.2 Å². The summed E-state index contributed by atoms with van der Waals surface area (Å²) in [5.74, 6) is 0.744. The molecule has 0 saturated heterocycles. The Hall–Kier alpha value is -0.0800. The van der Waals surface area contributed by atoms with Crippen molar-refractivity contribution in [3.8, 4) is 0 Å². The fourth-order valence-electron chi connectivity index (χ4n) is 2.25. The van der Waals surface area contributed by atoms with Gasteiger partial charge < -0.3 is 10.4 Å². The molecule has 2 heteroatoms. The van der Waals surface area contributed by atoms with Crippen LogP contribution in [-0.4, -0.2) is 24.3 Å². The Balaban J connectivity index is 2.55. The second kappa shape index (κ2) is 3.97. The summed E-state index contributed by atoms with van der Waals surface area (Å²) in [5.41, 5.74) is 0.384. The average molecular weight is 185 g/mol. The van der Waals surface area contributed by atoms with E-state index in [1.165, 1.54) is 6.42 Å². The number of likely N-dealkylation sites (N-methyl/N-ethyl adjacent to an activating group) is 1. The molecule has 0 aromatic heterocycles. The highest BCUT2D eigenvalue weighted by atomic mass is 16.3. The molecule has 1 saturated carbocycles. The van der Waals surface area contributed by atoms with Crippen LogP contribution in [0.4, 0.5) is 0 Å². The van der Waals surface area contributed by atoms with Gasteiger partial charge in [0, 0.05) is 6.04 Å². The smallest absolute Gasteiger partial charge is 0.0693 e. The third-order valence-electron chi connectivity index (χ3n) is 3.41. The van der Waals surface area contributed by atoms with Crippen molar-refractivity contribution in [3.05, 3.63) is 0 Å². The minimum absolute atomic E-state index is 0.136. The van der Waals surface area contributed by atoms with E-state index in [-0.39, 0.29) is 6.10 Å². The summed E-state index contributed by atoms with van der Waals surface area (Å²) in [6.45, 7) is 6.88. The minimum Gasteiger partial charge on any atom is -0.392 e. The maximum Gasteiger partial charge on any atom is 0.0693 e. The van der Waals surface area contributed by atoms with E-state index in [9.17, 15) is 5.11 Å². The van der Waals surface area contributed by atoms with E-state index in [4.69, 9.17) is 0 Å². The molecule has 13 heavy (non-hydrogen) atoms. The maximum absolute atomic E-state index is 9.69. The lowest BCUT2D eigenvalue weighted by atomic mass is 9.70. The third-order valence-corrected chi connectivity index (χ3v) is 3.41. The molecule has 0 spiro atoms. The van der Waals surface area contributed by atoms with Crippen LogP contribution >= 0.6 is 0 Å². The van der Waals surface area contributed by atoms with Crippen molar-refractivity contribution in [2.24, 2.45) is 11.3 Å². The normalized spacial score (nSPS) is 36.2. The second-order valence-corrected chi connectivity index (χ2v) is 5.34. The predicted molar refractivity (Wildman–Crippen MR) is 55.7 cm³/mol. The summed E-state index contributed by atoms with van der Waals surface area (Å²) < 4.78 is 0. The predicted octanol–water partition coefficient (Wildman–Crippen LogP) is 1.78. The van der Waals surface area contributed by atoms with Gasteiger partial charge in [-0.15, -0.1) is 0 Å².